The zero-order valence-electron chi connectivity index (χ0n) is 13.8. The Kier molecular flexibility index (Phi) is 6.02. The van der Waals surface area contributed by atoms with Crippen LogP contribution in [-0.4, -0.2) is 40.4 Å². The van der Waals surface area contributed by atoms with E-state index in [-0.39, 0.29) is 11.6 Å². The smallest absolute Gasteiger partial charge is 0.161 e. The molecule has 20 heavy (non-hydrogen) atoms. The summed E-state index contributed by atoms with van der Waals surface area (Å²) >= 11 is 0. The van der Waals surface area contributed by atoms with Gasteiger partial charge < -0.3 is 10.5 Å². The number of hydrogen-bond acceptors (Lipinski definition) is 4. The van der Waals surface area contributed by atoms with Gasteiger partial charge in [-0.1, -0.05) is 27.7 Å². The summed E-state index contributed by atoms with van der Waals surface area (Å²) in [4.78, 5) is 2.46. The lowest BCUT2D eigenvalue weighted by atomic mass is 9.81. The lowest BCUT2D eigenvalue weighted by Gasteiger charge is -2.46. The number of methoxy groups -OCH3 is 1. The second kappa shape index (κ2) is 7.09. The molecule has 0 aliphatic carbocycles. The van der Waals surface area contributed by atoms with Crippen molar-refractivity contribution in [3.8, 4) is 5.75 Å². The maximum Gasteiger partial charge on any atom is 0.161 e. The number of aryl methyl sites for hydroxylation is 1. The molecule has 116 valence electrons. The fourth-order valence-electron chi connectivity index (χ4n) is 3.38. The maximum atomic E-state index is 6.69. The molecule has 5 heteroatoms. The van der Waals surface area contributed by atoms with Crippen LogP contribution in [0.25, 0.3) is 0 Å². The highest BCUT2D eigenvalue weighted by Gasteiger charge is 2.41. The van der Waals surface area contributed by atoms with Crippen LogP contribution >= 0.6 is 0 Å². The zero-order chi connectivity index (χ0) is 15.3. The highest BCUT2D eigenvalue weighted by atomic mass is 16.5. The zero-order valence-corrected chi connectivity index (χ0v) is 13.8. The molecule has 0 amide bonds. The summed E-state index contributed by atoms with van der Waals surface area (Å²) in [6.07, 6.45) is 3.74. The summed E-state index contributed by atoms with van der Waals surface area (Å²) in [7, 11) is 3.60. The van der Waals surface area contributed by atoms with Crippen LogP contribution in [-0.2, 0) is 7.05 Å². The van der Waals surface area contributed by atoms with Crippen molar-refractivity contribution in [1.29, 1.82) is 0 Å². The van der Waals surface area contributed by atoms with E-state index >= 15 is 0 Å². The Morgan fingerprint density at radius 1 is 1.30 bits per heavy atom. The Balaban J connectivity index is 3.30. The molecule has 0 aliphatic heterocycles. The summed E-state index contributed by atoms with van der Waals surface area (Å²) < 4.78 is 7.28. The number of nitrogens with zero attached hydrogens (tertiary/aromatic N) is 3. The molecule has 0 saturated heterocycles. The second-order valence-electron chi connectivity index (χ2n) is 5.18. The van der Waals surface area contributed by atoms with Gasteiger partial charge in [-0.05, 0) is 25.9 Å². The molecule has 0 fully saturated rings. The van der Waals surface area contributed by atoms with Crippen molar-refractivity contribution in [2.24, 2.45) is 12.8 Å². The minimum atomic E-state index is -0.125. The van der Waals surface area contributed by atoms with E-state index in [0.717, 1.165) is 37.4 Å². The monoisotopic (exact) mass is 282 g/mol. The van der Waals surface area contributed by atoms with E-state index in [1.54, 1.807) is 13.3 Å². The summed E-state index contributed by atoms with van der Waals surface area (Å²) in [6, 6.07) is -0.125. The standard InChI is InChI=1S/C15H30N4O/c1-7-15(8-2,19(9-3)10-4)14(16)13-12(20-6)11-17-18(13)5/h11,14H,7-10,16H2,1-6H3. The second-order valence-corrected chi connectivity index (χ2v) is 5.18. The van der Waals surface area contributed by atoms with Crippen molar-refractivity contribution < 1.29 is 4.74 Å². The number of rotatable bonds is 8. The van der Waals surface area contributed by atoms with E-state index in [4.69, 9.17) is 10.5 Å². The van der Waals surface area contributed by atoms with Crippen molar-refractivity contribution in [3.05, 3.63) is 11.9 Å². The Bertz CT molecular complexity index is 408. The Morgan fingerprint density at radius 3 is 2.25 bits per heavy atom. The van der Waals surface area contributed by atoms with Crippen LogP contribution in [0.1, 0.15) is 52.3 Å². The normalized spacial score (nSPS) is 13.8. The third-order valence-electron chi connectivity index (χ3n) is 4.66. The highest BCUT2D eigenvalue weighted by Crippen LogP contribution is 2.38. The van der Waals surface area contributed by atoms with Crippen LogP contribution in [0.2, 0.25) is 0 Å². The minimum Gasteiger partial charge on any atom is -0.493 e. The quantitative estimate of drug-likeness (QED) is 0.795. The first kappa shape index (κ1) is 17.0. The molecule has 1 heterocycles. The van der Waals surface area contributed by atoms with Gasteiger partial charge >= 0.3 is 0 Å². The third kappa shape index (κ3) is 2.69. The first-order valence-corrected chi connectivity index (χ1v) is 7.58. The molecule has 1 rings (SSSR count). The SMILES string of the molecule is CCN(CC)C(CC)(CC)C(N)c1c(OC)cnn1C. The van der Waals surface area contributed by atoms with Gasteiger partial charge in [0.2, 0.25) is 0 Å². The number of hydrogen-bond donors (Lipinski definition) is 1. The molecule has 0 aliphatic rings. The van der Waals surface area contributed by atoms with Crippen LogP contribution in [0.5, 0.6) is 5.75 Å². The predicted molar refractivity (Wildman–Crippen MR) is 82.9 cm³/mol. The summed E-state index contributed by atoms with van der Waals surface area (Å²) in [5.74, 6) is 0.776. The van der Waals surface area contributed by atoms with E-state index in [0.29, 0.717) is 0 Å². The van der Waals surface area contributed by atoms with Crippen molar-refractivity contribution in [2.75, 3.05) is 20.2 Å². The molecular weight excluding hydrogens is 252 g/mol. The molecule has 5 nitrogen and oxygen atoms in total. The number of nitrogens with two attached hydrogens (primary N) is 1. The number of aromatic nitrogens is 2. The molecule has 0 radical (unpaired) electrons. The van der Waals surface area contributed by atoms with Crippen molar-refractivity contribution in [3.63, 3.8) is 0 Å². The largest absolute Gasteiger partial charge is 0.493 e. The van der Waals surface area contributed by atoms with E-state index in [2.05, 4.69) is 37.7 Å². The van der Waals surface area contributed by atoms with Gasteiger partial charge in [0.25, 0.3) is 0 Å². The Hall–Kier alpha value is -1.07. The Labute approximate surface area is 123 Å². The first-order chi connectivity index (χ1) is 9.52. The molecule has 0 aromatic carbocycles. The van der Waals surface area contributed by atoms with Gasteiger partial charge in [-0.25, -0.2) is 0 Å². The van der Waals surface area contributed by atoms with Crippen LogP contribution in [0.15, 0.2) is 6.20 Å². The third-order valence-corrected chi connectivity index (χ3v) is 4.66. The molecule has 1 atom stereocenters. The molecule has 0 saturated carbocycles. The first-order valence-electron chi connectivity index (χ1n) is 7.58. The molecule has 0 bridgehead atoms. The number of likely N-dealkylation sites (N-methyl/N-ethyl adjacent to an activating group) is 1. The van der Waals surface area contributed by atoms with Gasteiger partial charge in [-0.3, -0.25) is 9.58 Å². The lowest BCUT2D eigenvalue weighted by molar-refractivity contribution is 0.0591. The van der Waals surface area contributed by atoms with Gasteiger partial charge in [0.15, 0.2) is 5.75 Å². The van der Waals surface area contributed by atoms with Gasteiger partial charge in [-0.15, -0.1) is 0 Å². The molecule has 1 aromatic heterocycles. The van der Waals surface area contributed by atoms with E-state index in [1.807, 2.05) is 11.7 Å². The lowest BCUT2D eigenvalue weighted by Crippen LogP contribution is -2.55. The van der Waals surface area contributed by atoms with Gasteiger partial charge in [0, 0.05) is 12.6 Å². The fraction of sp³-hybridized carbons (Fsp3) is 0.800. The fourth-order valence-corrected chi connectivity index (χ4v) is 3.38. The topological polar surface area (TPSA) is 56.3 Å². The van der Waals surface area contributed by atoms with Gasteiger partial charge in [0.1, 0.15) is 0 Å². The molecule has 2 N–H and O–H groups in total. The maximum absolute atomic E-state index is 6.69. The summed E-state index contributed by atoms with van der Waals surface area (Å²) in [5.41, 5.74) is 7.60. The number of ether oxygens (including phenoxy) is 1. The average Bonchev–Trinajstić information content (AvgIpc) is 2.85. The Morgan fingerprint density at radius 2 is 1.85 bits per heavy atom. The van der Waals surface area contributed by atoms with Gasteiger partial charge in [0.05, 0.1) is 25.0 Å². The summed E-state index contributed by atoms with van der Waals surface area (Å²) in [5, 5.41) is 4.29. The van der Waals surface area contributed by atoms with E-state index in [1.165, 1.54) is 0 Å². The molecule has 1 unspecified atom stereocenters. The van der Waals surface area contributed by atoms with E-state index < -0.39 is 0 Å². The minimum absolute atomic E-state index is 0.0649. The molecule has 0 spiro atoms. The molecular formula is C15H30N4O. The van der Waals surface area contributed by atoms with E-state index in [9.17, 15) is 0 Å². The van der Waals surface area contributed by atoms with Crippen molar-refractivity contribution in [1.82, 2.24) is 14.7 Å². The highest BCUT2D eigenvalue weighted by molar-refractivity contribution is 5.30. The van der Waals surface area contributed by atoms with Crippen molar-refractivity contribution >= 4 is 0 Å². The summed E-state index contributed by atoms with van der Waals surface area (Å²) in [6.45, 7) is 10.8. The van der Waals surface area contributed by atoms with Crippen LogP contribution in [0.4, 0.5) is 0 Å². The average molecular weight is 282 g/mol. The van der Waals surface area contributed by atoms with Crippen LogP contribution < -0.4 is 10.5 Å². The van der Waals surface area contributed by atoms with Crippen molar-refractivity contribution in [2.45, 2.75) is 52.1 Å². The van der Waals surface area contributed by atoms with Gasteiger partial charge in [-0.2, -0.15) is 5.10 Å². The van der Waals surface area contributed by atoms with Crippen LogP contribution in [0, 0.1) is 0 Å². The van der Waals surface area contributed by atoms with Crippen LogP contribution in [0.3, 0.4) is 0 Å². The predicted octanol–water partition coefficient (Wildman–Crippen LogP) is 2.33. The molecule has 1 aromatic rings.